The van der Waals surface area contributed by atoms with Crippen LogP contribution in [0.3, 0.4) is 0 Å². The molecule has 2 aromatic heterocycles. The molecule has 1 fully saturated rings. The van der Waals surface area contributed by atoms with Crippen LogP contribution in [0.4, 0.5) is 17.5 Å². The van der Waals surface area contributed by atoms with Crippen molar-refractivity contribution in [3.05, 3.63) is 24.7 Å². The molecule has 0 radical (unpaired) electrons. The fraction of sp³-hybridized carbons (Fsp3) is 0.462. The van der Waals surface area contributed by atoms with Crippen LogP contribution in [0.5, 0.6) is 0 Å². The second-order valence-corrected chi connectivity index (χ2v) is 5.41. The highest BCUT2D eigenvalue weighted by atomic mass is 15.3. The predicted octanol–water partition coefficient (Wildman–Crippen LogP) is 1.12. The molecule has 3 heterocycles. The Kier molecular flexibility index (Phi) is 3.27. The first-order valence-corrected chi connectivity index (χ1v) is 6.71. The van der Waals surface area contributed by atoms with Gasteiger partial charge < -0.3 is 16.0 Å². The molecular weight excluding hydrogens is 254 g/mol. The van der Waals surface area contributed by atoms with E-state index in [1.807, 2.05) is 19.3 Å². The van der Waals surface area contributed by atoms with Crippen LogP contribution in [0.15, 0.2) is 24.7 Å². The van der Waals surface area contributed by atoms with E-state index in [2.05, 4.69) is 37.9 Å². The van der Waals surface area contributed by atoms with E-state index in [0.717, 1.165) is 31.0 Å². The van der Waals surface area contributed by atoms with Gasteiger partial charge in [0.05, 0.1) is 11.9 Å². The molecule has 1 unspecified atom stereocenters. The van der Waals surface area contributed by atoms with Crippen LogP contribution in [-0.4, -0.2) is 38.4 Å². The van der Waals surface area contributed by atoms with Crippen molar-refractivity contribution in [3.63, 3.8) is 0 Å². The van der Waals surface area contributed by atoms with Crippen LogP contribution in [0.1, 0.15) is 13.3 Å². The summed E-state index contributed by atoms with van der Waals surface area (Å²) >= 11 is 0. The molecule has 3 N–H and O–H groups in total. The first-order chi connectivity index (χ1) is 9.63. The zero-order chi connectivity index (χ0) is 14.0. The molecule has 0 bridgehead atoms. The fourth-order valence-corrected chi connectivity index (χ4v) is 2.34. The number of aromatic nitrogens is 4. The Hall–Kier alpha value is -2.15. The summed E-state index contributed by atoms with van der Waals surface area (Å²) in [6.45, 7) is 4.18. The molecule has 1 aliphatic rings. The minimum Gasteiger partial charge on any atom is -0.363 e. The van der Waals surface area contributed by atoms with E-state index in [1.165, 1.54) is 0 Å². The molecule has 0 aliphatic carbocycles. The van der Waals surface area contributed by atoms with Crippen molar-refractivity contribution in [2.75, 3.05) is 23.7 Å². The smallest absolute Gasteiger partial charge is 0.229 e. The minimum atomic E-state index is 0.0555. The number of nitrogens with one attached hydrogen (secondary N) is 3. The lowest BCUT2D eigenvalue weighted by Crippen LogP contribution is -2.37. The first kappa shape index (κ1) is 12.9. The zero-order valence-electron chi connectivity index (χ0n) is 11.7. The highest BCUT2D eigenvalue weighted by Gasteiger charge is 2.28. The van der Waals surface area contributed by atoms with Gasteiger partial charge in [-0.15, -0.1) is 0 Å². The highest BCUT2D eigenvalue weighted by Crippen LogP contribution is 2.20. The third kappa shape index (κ3) is 2.88. The van der Waals surface area contributed by atoms with Crippen molar-refractivity contribution < 1.29 is 0 Å². The molecule has 1 atom stereocenters. The third-order valence-electron chi connectivity index (χ3n) is 3.42. The largest absolute Gasteiger partial charge is 0.363 e. The topological polar surface area (TPSA) is 79.7 Å². The molecule has 3 rings (SSSR count). The molecule has 2 aromatic rings. The van der Waals surface area contributed by atoms with E-state index >= 15 is 0 Å². The molecule has 0 amide bonds. The summed E-state index contributed by atoms with van der Waals surface area (Å²) in [4.78, 5) is 8.71. The normalized spacial score (nSPS) is 21.9. The molecule has 0 spiro atoms. The number of hydrogen-bond acceptors (Lipinski definition) is 6. The SMILES string of the molecule is Cn1cc(Nc2nccc(NC3(C)CCNC3)n2)cn1. The lowest BCUT2D eigenvalue weighted by atomic mass is 10.0. The number of anilines is 3. The van der Waals surface area contributed by atoms with Crippen LogP contribution in [0.25, 0.3) is 0 Å². The maximum atomic E-state index is 4.49. The number of aryl methyl sites for hydroxylation is 1. The van der Waals surface area contributed by atoms with Gasteiger partial charge in [-0.3, -0.25) is 4.68 Å². The molecule has 7 nitrogen and oxygen atoms in total. The van der Waals surface area contributed by atoms with E-state index in [-0.39, 0.29) is 5.54 Å². The van der Waals surface area contributed by atoms with E-state index in [1.54, 1.807) is 17.1 Å². The Morgan fingerprint density at radius 3 is 3.05 bits per heavy atom. The summed E-state index contributed by atoms with van der Waals surface area (Å²) in [5.41, 5.74) is 0.929. The van der Waals surface area contributed by atoms with E-state index in [9.17, 15) is 0 Å². The van der Waals surface area contributed by atoms with Gasteiger partial charge in [0.15, 0.2) is 0 Å². The average molecular weight is 273 g/mol. The van der Waals surface area contributed by atoms with Crippen molar-refractivity contribution in [2.24, 2.45) is 7.05 Å². The second-order valence-electron chi connectivity index (χ2n) is 5.41. The van der Waals surface area contributed by atoms with E-state index in [4.69, 9.17) is 0 Å². The van der Waals surface area contributed by atoms with Gasteiger partial charge in [0, 0.05) is 31.5 Å². The molecular formula is C13H19N7. The summed E-state index contributed by atoms with van der Waals surface area (Å²) < 4.78 is 1.73. The predicted molar refractivity (Wildman–Crippen MR) is 78.0 cm³/mol. The van der Waals surface area contributed by atoms with Crippen molar-refractivity contribution >= 4 is 17.5 Å². The van der Waals surface area contributed by atoms with Gasteiger partial charge in [0.2, 0.25) is 5.95 Å². The standard InChI is InChI=1S/C13H19N7/c1-13(4-6-14-9-13)19-11-3-5-15-12(18-11)17-10-7-16-20(2)8-10/h3,5,7-8,14H,4,6,9H2,1-2H3,(H2,15,17,18,19). The molecule has 1 saturated heterocycles. The molecule has 20 heavy (non-hydrogen) atoms. The summed E-state index contributed by atoms with van der Waals surface area (Å²) in [5, 5.41) is 14.1. The minimum absolute atomic E-state index is 0.0555. The van der Waals surface area contributed by atoms with Crippen LogP contribution in [0.2, 0.25) is 0 Å². The molecule has 106 valence electrons. The van der Waals surface area contributed by atoms with Crippen LogP contribution in [-0.2, 0) is 7.05 Å². The summed E-state index contributed by atoms with van der Waals surface area (Å²) in [6.07, 6.45) is 6.46. The average Bonchev–Trinajstić information content (AvgIpc) is 2.99. The number of hydrogen-bond donors (Lipinski definition) is 3. The van der Waals surface area contributed by atoms with Crippen LogP contribution in [0, 0.1) is 0 Å². The molecule has 0 saturated carbocycles. The summed E-state index contributed by atoms with van der Waals surface area (Å²) in [7, 11) is 1.87. The van der Waals surface area contributed by atoms with E-state index < -0.39 is 0 Å². The van der Waals surface area contributed by atoms with Gasteiger partial charge in [-0.2, -0.15) is 10.1 Å². The Labute approximate surface area is 117 Å². The van der Waals surface area contributed by atoms with Crippen LogP contribution >= 0.6 is 0 Å². The maximum Gasteiger partial charge on any atom is 0.229 e. The second kappa shape index (κ2) is 5.09. The quantitative estimate of drug-likeness (QED) is 0.774. The fourth-order valence-electron chi connectivity index (χ4n) is 2.34. The van der Waals surface area contributed by atoms with Gasteiger partial charge >= 0.3 is 0 Å². The van der Waals surface area contributed by atoms with Gasteiger partial charge in [0.25, 0.3) is 0 Å². The third-order valence-corrected chi connectivity index (χ3v) is 3.42. The highest BCUT2D eigenvalue weighted by molar-refractivity contribution is 5.52. The Morgan fingerprint density at radius 1 is 1.45 bits per heavy atom. The number of nitrogens with zero attached hydrogens (tertiary/aromatic N) is 4. The monoisotopic (exact) mass is 273 g/mol. The molecule has 1 aliphatic heterocycles. The lowest BCUT2D eigenvalue weighted by Gasteiger charge is -2.25. The van der Waals surface area contributed by atoms with Crippen molar-refractivity contribution in [1.29, 1.82) is 0 Å². The van der Waals surface area contributed by atoms with Gasteiger partial charge in [-0.05, 0) is 26.0 Å². The summed E-state index contributed by atoms with van der Waals surface area (Å²) in [6, 6.07) is 1.89. The summed E-state index contributed by atoms with van der Waals surface area (Å²) in [5.74, 6) is 1.40. The molecule has 0 aromatic carbocycles. The van der Waals surface area contributed by atoms with Crippen molar-refractivity contribution in [3.8, 4) is 0 Å². The van der Waals surface area contributed by atoms with Gasteiger partial charge in [0.1, 0.15) is 5.82 Å². The Balaban J connectivity index is 1.72. The maximum absolute atomic E-state index is 4.49. The van der Waals surface area contributed by atoms with Crippen LogP contribution < -0.4 is 16.0 Å². The lowest BCUT2D eigenvalue weighted by molar-refractivity contribution is 0.564. The molecule has 7 heteroatoms. The van der Waals surface area contributed by atoms with Gasteiger partial charge in [-0.1, -0.05) is 0 Å². The number of rotatable bonds is 4. The Morgan fingerprint density at radius 2 is 2.35 bits per heavy atom. The van der Waals surface area contributed by atoms with Crippen molar-refractivity contribution in [2.45, 2.75) is 18.9 Å². The van der Waals surface area contributed by atoms with Gasteiger partial charge in [-0.25, -0.2) is 4.98 Å². The van der Waals surface area contributed by atoms with E-state index in [0.29, 0.717) is 5.95 Å². The first-order valence-electron chi connectivity index (χ1n) is 6.71. The Bertz CT molecular complexity index is 586. The van der Waals surface area contributed by atoms with Crippen molar-refractivity contribution in [1.82, 2.24) is 25.1 Å². The zero-order valence-corrected chi connectivity index (χ0v) is 11.7.